The molecule has 2 aromatic heterocycles. The van der Waals surface area contributed by atoms with Crippen LogP contribution in [0.3, 0.4) is 0 Å². The average molecular weight is 456 g/mol. The molecule has 0 aliphatic carbocycles. The first kappa shape index (κ1) is 21.3. The second-order valence-electron chi connectivity index (χ2n) is 6.93. The Morgan fingerprint density at radius 3 is 2.72 bits per heavy atom. The summed E-state index contributed by atoms with van der Waals surface area (Å²) in [5.74, 6) is -1.25. The number of anilines is 2. The highest BCUT2D eigenvalue weighted by Gasteiger charge is 2.18. The van der Waals surface area contributed by atoms with Crippen LogP contribution < -0.4 is 16.4 Å². The maximum atomic E-state index is 13.1. The second-order valence-corrected chi connectivity index (χ2v) is 7.37. The molecule has 0 atom stereocenters. The van der Waals surface area contributed by atoms with Gasteiger partial charge in [-0.15, -0.1) is 0 Å². The van der Waals surface area contributed by atoms with E-state index in [1.54, 1.807) is 48.0 Å². The van der Waals surface area contributed by atoms with Gasteiger partial charge in [0.2, 0.25) is 5.91 Å². The second kappa shape index (κ2) is 8.69. The van der Waals surface area contributed by atoms with Crippen LogP contribution in [0.4, 0.5) is 11.4 Å². The summed E-state index contributed by atoms with van der Waals surface area (Å²) < 4.78 is 11.1. The average Bonchev–Trinajstić information content (AvgIpc) is 3.33. The lowest BCUT2D eigenvalue weighted by atomic mass is 10.1. The van der Waals surface area contributed by atoms with Crippen LogP contribution in [0.25, 0.3) is 22.3 Å². The predicted octanol–water partition coefficient (Wildman–Crippen LogP) is 3.01. The van der Waals surface area contributed by atoms with E-state index in [0.717, 1.165) is 10.9 Å². The van der Waals surface area contributed by atoms with Crippen LogP contribution in [-0.4, -0.2) is 40.2 Å². The van der Waals surface area contributed by atoms with Gasteiger partial charge in [0, 0.05) is 35.8 Å². The fraction of sp³-hybridized carbons (Fsp3) is 0.143. The number of carbonyl (C=O) groups excluding carboxylic acids is 2. The molecular weight excluding hydrogens is 438 g/mol. The van der Waals surface area contributed by atoms with Crippen LogP contribution in [0.5, 0.6) is 0 Å². The molecule has 4 aromatic rings. The summed E-state index contributed by atoms with van der Waals surface area (Å²) in [6, 6.07) is 11.8. The van der Waals surface area contributed by atoms with Gasteiger partial charge in [0.05, 0.1) is 11.2 Å². The number of fused-ring (bicyclic) bond motifs is 1. The molecule has 0 aliphatic rings. The Bertz CT molecular complexity index is 1390. The Hall–Kier alpha value is -3.89. The third-order valence-electron chi connectivity index (χ3n) is 4.76. The van der Waals surface area contributed by atoms with Crippen molar-refractivity contribution in [2.75, 3.05) is 24.4 Å². The van der Waals surface area contributed by atoms with E-state index in [4.69, 9.17) is 16.3 Å². The van der Waals surface area contributed by atoms with Gasteiger partial charge < -0.3 is 19.9 Å². The van der Waals surface area contributed by atoms with E-state index >= 15 is 0 Å². The summed E-state index contributed by atoms with van der Waals surface area (Å²) in [5, 5.41) is 10.4. The third-order valence-corrected chi connectivity index (χ3v) is 5.00. The predicted molar refractivity (Wildman–Crippen MR) is 119 cm³/mol. The first-order chi connectivity index (χ1) is 15.4. The van der Waals surface area contributed by atoms with Crippen LogP contribution in [0, 0.1) is 0 Å². The summed E-state index contributed by atoms with van der Waals surface area (Å²) in [6.45, 7) is -0.0565. The molecule has 32 heavy (non-hydrogen) atoms. The van der Waals surface area contributed by atoms with Crippen molar-refractivity contribution in [3.8, 4) is 11.4 Å². The smallest absolute Gasteiger partial charge is 0.375 e. The first-order valence-electron chi connectivity index (χ1n) is 9.41. The van der Waals surface area contributed by atoms with Crippen LogP contribution >= 0.6 is 11.6 Å². The van der Waals surface area contributed by atoms with Gasteiger partial charge in [0.1, 0.15) is 12.3 Å². The van der Waals surface area contributed by atoms with Crippen molar-refractivity contribution < 1.29 is 18.8 Å². The van der Waals surface area contributed by atoms with Gasteiger partial charge in [0.15, 0.2) is 5.82 Å². The number of halogens is 1. The van der Waals surface area contributed by atoms with Crippen molar-refractivity contribution in [2.45, 2.75) is 0 Å². The van der Waals surface area contributed by atoms with E-state index in [0.29, 0.717) is 27.7 Å². The van der Waals surface area contributed by atoms with Crippen molar-refractivity contribution in [1.29, 1.82) is 0 Å². The molecule has 0 saturated carbocycles. The van der Waals surface area contributed by atoms with Gasteiger partial charge in [-0.3, -0.25) is 19.1 Å². The summed E-state index contributed by atoms with van der Waals surface area (Å²) in [7, 11) is 3.19. The molecule has 0 bridgehead atoms. The van der Waals surface area contributed by atoms with Crippen LogP contribution in [0.1, 0.15) is 10.5 Å². The summed E-state index contributed by atoms with van der Waals surface area (Å²) in [5.41, 5.74) is 2.51. The monoisotopic (exact) mass is 455 g/mol. The third kappa shape index (κ3) is 4.27. The number of hydrogen-bond acceptors (Lipinski definition) is 6. The molecule has 164 valence electrons. The highest BCUT2D eigenvalue weighted by molar-refractivity contribution is 6.31. The molecule has 2 amide bonds. The Morgan fingerprint density at radius 2 is 2.00 bits per heavy atom. The largest absolute Gasteiger partial charge is 0.439 e. The van der Waals surface area contributed by atoms with Gasteiger partial charge >= 0.3 is 5.76 Å². The fourth-order valence-corrected chi connectivity index (χ4v) is 3.48. The molecule has 10 nitrogen and oxygen atoms in total. The van der Waals surface area contributed by atoms with Crippen molar-refractivity contribution >= 4 is 45.7 Å². The zero-order valence-electron chi connectivity index (χ0n) is 17.1. The minimum absolute atomic E-state index is 0.0565. The molecule has 0 unspecified atom stereocenters. The topological polar surface area (TPSA) is 131 Å². The molecule has 0 radical (unpaired) electrons. The van der Waals surface area contributed by atoms with Crippen LogP contribution in [0.15, 0.2) is 51.8 Å². The minimum Gasteiger partial charge on any atom is -0.375 e. The number of aromatic nitrogens is 3. The standard InChI is InChI=1S/C21H18ClN5O5/c1-27-16-9-13(23-18(28)10-31-2)5-3-11(16)7-17(27)20(29)24-15-6-4-12(22)8-14(15)19-25-21(30)32-26-19/h3-9H,10H2,1-2H3,(H,23,28)(H,24,29)(H,25,26,30). The Labute approximate surface area is 186 Å². The number of rotatable bonds is 6. The molecule has 4 rings (SSSR count). The summed E-state index contributed by atoms with van der Waals surface area (Å²) in [4.78, 5) is 38.6. The van der Waals surface area contributed by atoms with Gasteiger partial charge in [-0.25, -0.2) is 4.79 Å². The zero-order chi connectivity index (χ0) is 22.8. The van der Waals surface area contributed by atoms with E-state index in [1.807, 2.05) is 6.07 Å². The van der Waals surface area contributed by atoms with Crippen molar-refractivity contribution in [3.05, 3.63) is 63.7 Å². The molecule has 2 heterocycles. The minimum atomic E-state index is -0.723. The number of aromatic amines is 1. The number of benzene rings is 2. The van der Waals surface area contributed by atoms with E-state index in [9.17, 15) is 14.4 Å². The van der Waals surface area contributed by atoms with Crippen molar-refractivity contribution in [1.82, 2.24) is 14.7 Å². The van der Waals surface area contributed by atoms with E-state index in [2.05, 4.69) is 25.3 Å². The lowest BCUT2D eigenvalue weighted by molar-refractivity contribution is -0.119. The molecule has 11 heteroatoms. The number of methoxy groups -OCH3 is 1. The highest BCUT2D eigenvalue weighted by Crippen LogP contribution is 2.29. The van der Waals surface area contributed by atoms with Gasteiger partial charge in [0.25, 0.3) is 5.91 Å². The molecule has 0 saturated heterocycles. The number of ether oxygens (including phenoxy) is 1. The highest BCUT2D eigenvalue weighted by atomic mass is 35.5. The normalized spacial score (nSPS) is 11.0. The molecule has 3 N–H and O–H groups in total. The molecule has 2 aromatic carbocycles. The summed E-state index contributed by atoms with van der Waals surface area (Å²) in [6.07, 6.45) is 0. The number of nitrogens with one attached hydrogen (secondary N) is 3. The zero-order valence-corrected chi connectivity index (χ0v) is 17.8. The number of H-pyrrole nitrogens is 1. The van der Waals surface area contributed by atoms with Crippen molar-refractivity contribution in [3.63, 3.8) is 0 Å². The van der Waals surface area contributed by atoms with Crippen LogP contribution in [0.2, 0.25) is 5.02 Å². The van der Waals surface area contributed by atoms with Crippen LogP contribution in [-0.2, 0) is 16.6 Å². The molecular formula is C21H18ClN5O5. The van der Waals surface area contributed by atoms with E-state index < -0.39 is 5.76 Å². The summed E-state index contributed by atoms with van der Waals surface area (Å²) >= 11 is 6.07. The van der Waals surface area contributed by atoms with E-state index in [1.165, 1.54) is 7.11 Å². The maximum absolute atomic E-state index is 13.1. The lowest BCUT2D eigenvalue weighted by Crippen LogP contribution is -2.17. The number of aryl methyl sites for hydroxylation is 1. The number of hydrogen-bond donors (Lipinski definition) is 3. The quantitative estimate of drug-likeness (QED) is 0.409. The van der Waals surface area contributed by atoms with Crippen molar-refractivity contribution in [2.24, 2.45) is 7.05 Å². The molecule has 0 aliphatic heterocycles. The number of carbonyl (C=O) groups is 2. The molecule has 0 spiro atoms. The number of nitrogens with zero attached hydrogens (tertiary/aromatic N) is 2. The molecule has 0 fully saturated rings. The van der Waals surface area contributed by atoms with Gasteiger partial charge in [-0.05, 0) is 36.4 Å². The Kier molecular flexibility index (Phi) is 5.80. The maximum Gasteiger partial charge on any atom is 0.439 e. The first-order valence-corrected chi connectivity index (χ1v) is 9.79. The Morgan fingerprint density at radius 1 is 1.19 bits per heavy atom. The lowest BCUT2D eigenvalue weighted by Gasteiger charge is -2.10. The Balaban J connectivity index is 1.64. The van der Waals surface area contributed by atoms with E-state index in [-0.39, 0.29) is 24.2 Å². The van der Waals surface area contributed by atoms with Gasteiger partial charge in [-0.1, -0.05) is 22.8 Å². The number of amides is 2. The SMILES string of the molecule is COCC(=O)Nc1ccc2cc(C(=O)Nc3ccc(Cl)cc3-c3noc(=O)[nH]3)n(C)c2c1. The van der Waals surface area contributed by atoms with Gasteiger partial charge in [-0.2, -0.15) is 0 Å². The fourth-order valence-electron chi connectivity index (χ4n) is 3.31.